The van der Waals surface area contributed by atoms with Gasteiger partial charge in [0.25, 0.3) is 0 Å². The molecule has 0 saturated carbocycles. The first-order chi connectivity index (χ1) is 9.49. The summed E-state index contributed by atoms with van der Waals surface area (Å²) in [5, 5.41) is 18.5. The normalized spacial score (nSPS) is 29.0. The van der Waals surface area contributed by atoms with Crippen molar-refractivity contribution in [2.75, 3.05) is 12.3 Å². The second-order valence-electron chi connectivity index (χ2n) is 4.29. The number of aliphatic hydroxyl groups excluding tert-OH is 2. The van der Waals surface area contributed by atoms with Crippen LogP contribution in [0.25, 0.3) is 0 Å². The smallest absolute Gasteiger partial charge is 0.351 e. The van der Waals surface area contributed by atoms with Gasteiger partial charge in [-0.15, -0.1) is 5.92 Å². The summed E-state index contributed by atoms with van der Waals surface area (Å²) in [5.41, 5.74) is 4.98. The van der Waals surface area contributed by atoms with Crippen molar-refractivity contribution >= 4 is 5.82 Å². The average Bonchev–Trinajstić information content (AvgIpc) is 2.70. The van der Waals surface area contributed by atoms with Crippen molar-refractivity contribution in [3.05, 3.63) is 22.2 Å². The van der Waals surface area contributed by atoms with Gasteiger partial charge in [-0.3, -0.25) is 4.57 Å². The highest BCUT2D eigenvalue weighted by molar-refractivity contribution is 5.48. The van der Waals surface area contributed by atoms with Gasteiger partial charge in [0, 0.05) is 6.20 Å². The molecular weight excluding hydrogens is 269 g/mol. The van der Waals surface area contributed by atoms with E-state index in [1.54, 1.807) is 6.92 Å². The summed E-state index contributed by atoms with van der Waals surface area (Å²) < 4.78 is 20.0. The van der Waals surface area contributed by atoms with E-state index in [0.29, 0.717) is 0 Å². The number of aliphatic hydroxyl groups is 2. The van der Waals surface area contributed by atoms with E-state index in [-0.39, 0.29) is 11.4 Å². The van der Waals surface area contributed by atoms with Crippen LogP contribution in [0.15, 0.2) is 11.0 Å². The summed E-state index contributed by atoms with van der Waals surface area (Å²) in [6, 6.07) is 0. The van der Waals surface area contributed by atoms with Gasteiger partial charge >= 0.3 is 5.69 Å². The number of aromatic nitrogens is 2. The van der Waals surface area contributed by atoms with E-state index in [9.17, 15) is 14.3 Å². The van der Waals surface area contributed by atoms with Crippen LogP contribution in [0, 0.1) is 11.8 Å². The lowest BCUT2D eigenvalue weighted by Gasteiger charge is -2.16. The number of hydrogen-bond acceptors (Lipinski definition) is 6. The van der Waals surface area contributed by atoms with Gasteiger partial charge in [0.05, 0.1) is 12.2 Å². The molecule has 0 aliphatic carbocycles. The molecule has 0 aromatic carbocycles. The Bertz CT molecular complexity index is 621. The van der Waals surface area contributed by atoms with Gasteiger partial charge in [0.1, 0.15) is 18.0 Å². The van der Waals surface area contributed by atoms with Crippen LogP contribution >= 0.6 is 0 Å². The molecule has 4 N–H and O–H groups in total. The summed E-state index contributed by atoms with van der Waals surface area (Å²) in [6.07, 6.45) is -4.63. The van der Waals surface area contributed by atoms with Crippen LogP contribution in [0.5, 0.6) is 0 Å². The number of ether oxygens (including phenoxy) is 1. The first-order valence-corrected chi connectivity index (χ1v) is 5.89. The molecule has 1 fully saturated rings. The van der Waals surface area contributed by atoms with E-state index in [2.05, 4.69) is 16.8 Å². The molecule has 20 heavy (non-hydrogen) atoms. The average molecular weight is 283 g/mol. The van der Waals surface area contributed by atoms with Crippen molar-refractivity contribution in [2.45, 2.75) is 31.5 Å². The van der Waals surface area contributed by atoms with E-state index >= 15 is 0 Å². The third-order valence-electron chi connectivity index (χ3n) is 2.99. The Labute approximate surface area is 113 Å². The van der Waals surface area contributed by atoms with E-state index in [4.69, 9.17) is 15.6 Å². The van der Waals surface area contributed by atoms with Crippen LogP contribution in [0.3, 0.4) is 0 Å². The number of alkyl halides is 1. The van der Waals surface area contributed by atoms with Crippen LogP contribution < -0.4 is 11.4 Å². The van der Waals surface area contributed by atoms with Crippen molar-refractivity contribution in [1.82, 2.24) is 9.55 Å². The van der Waals surface area contributed by atoms with Crippen LogP contribution in [0.1, 0.15) is 18.7 Å². The molecule has 0 spiro atoms. The maximum atomic E-state index is 14.0. The summed E-state index contributed by atoms with van der Waals surface area (Å²) in [7, 11) is 0. The van der Waals surface area contributed by atoms with Crippen molar-refractivity contribution in [3.8, 4) is 11.8 Å². The molecule has 1 aromatic rings. The fourth-order valence-corrected chi connectivity index (χ4v) is 1.97. The van der Waals surface area contributed by atoms with Gasteiger partial charge in [0.2, 0.25) is 0 Å². The molecule has 108 valence electrons. The number of anilines is 1. The summed E-state index contributed by atoms with van der Waals surface area (Å²) in [6.45, 7) is 1.02. The van der Waals surface area contributed by atoms with Gasteiger partial charge in [-0.1, -0.05) is 5.92 Å². The first-order valence-electron chi connectivity index (χ1n) is 5.89. The van der Waals surface area contributed by atoms with E-state index < -0.39 is 36.9 Å². The molecule has 4 atom stereocenters. The molecule has 0 bridgehead atoms. The number of halogens is 1. The minimum Gasteiger partial charge on any atom is -0.394 e. The first kappa shape index (κ1) is 14.5. The largest absolute Gasteiger partial charge is 0.394 e. The minimum atomic E-state index is -1.86. The van der Waals surface area contributed by atoms with Gasteiger partial charge in [0.15, 0.2) is 12.4 Å². The van der Waals surface area contributed by atoms with Crippen molar-refractivity contribution < 1.29 is 19.3 Å². The Morgan fingerprint density at radius 1 is 1.65 bits per heavy atom. The Morgan fingerprint density at radius 2 is 2.35 bits per heavy atom. The molecule has 1 aromatic heterocycles. The highest BCUT2D eigenvalue weighted by Crippen LogP contribution is 2.30. The summed E-state index contributed by atoms with van der Waals surface area (Å²) >= 11 is 0. The molecule has 2 rings (SSSR count). The molecule has 8 heteroatoms. The summed E-state index contributed by atoms with van der Waals surface area (Å²) in [5.74, 6) is 5.16. The zero-order valence-electron chi connectivity index (χ0n) is 10.7. The number of nitrogens with zero attached hydrogens (tertiary/aromatic N) is 2. The van der Waals surface area contributed by atoms with Gasteiger partial charge < -0.3 is 20.7 Å². The highest BCUT2D eigenvalue weighted by atomic mass is 19.1. The molecule has 1 saturated heterocycles. The maximum absolute atomic E-state index is 14.0. The fourth-order valence-electron chi connectivity index (χ4n) is 1.97. The lowest BCUT2D eigenvalue weighted by molar-refractivity contribution is -0.0491. The lowest BCUT2D eigenvalue weighted by Crippen LogP contribution is -2.34. The quantitative estimate of drug-likeness (QED) is 0.587. The van der Waals surface area contributed by atoms with Crippen LogP contribution in [0.2, 0.25) is 0 Å². The molecule has 1 aliphatic rings. The molecule has 0 radical (unpaired) electrons. The van der Waals surface area contributed by atoms with Gasteiger partial charge in [-0.25, -0.2) is 9.18 Å². The number of hydrogen-bond donors (Lipinski definition) is 3. The van der Waals surface area contributed by atoms with Crippen molar-refractivity contribution in [3.63, 3.8) is 0 Å². The molecular formula is C12H14FN3O4. The van der Waals surface area contributed by atoms with Crippen LogP contribution in [-0.2, 0) is 4.74 Å². The second-order valence-corrected chi connectivity index (χ2v) is 4.29. The zero-order valence-corrected chi connectivity index (χ0v) is 10.7. The minimum absolute atomic E-state index is 0.0618. The lowest BCUT2D eigenvalue weighted by atomic mass is 10.1. The predicted molar refractivity (Wildman–Crippen MR) is 67.4 cm³/mol. The third kappa shape index (κ3) is 2.38. The summed E-state index contributed by atoms with van der Waals surface area (Å²) in [4.78, 5) is 15.3. The Hall–Kier alpha value is -1.95. The maximum Gasteiger partial charge on any atom is 0.351 e. The SMILES string of the molecule is CC#Cc1cn([C@@H]2O[C@H](CO)C(O)C2F)c(=O)nc1N. The van der Waals surface area contributed by atoms with E-state index in [1.165, 1.54) is 6.20 Å². The van der Waals surface area contributed by atoms with Gasteiger partial charge in [-0.05, 0) is 6.92 Å². The number of nitrogen functional groups attached to an aromatic ring is 1. The Morgan fingerprint density at radius 3 is 2.90 bits per heavy atom. The molecule has 7 nitrogen and oxygen atoms in total. The van der Waals surface area contributed by atoms with Crippen molar-refractivity contribution in [1.29, 1.82) is 0 Å². The van der Waals surface area contributed by atoms with Crippen LogP contribution in [0.4, 0.5) is 10.2 Å². The zero-order chi connectivity index (χ0) is 14.9. The molecule has 0 amide bonds. The van der Waals surface area contributed by atoms with E-state index in [0.717, 1.165) is 4.57 Å². The molecule has 2 heterocycles. The number of nitrogens with two attached hydrogens (primary N) is 1. The Kier molecular flexibility index (Phi) is 4.04. The predicted octanol–water partition coefficient (Wildman–Crippen LogP) is -1.21. The Balaban J connectivity index is 2.45. The fraction of sp³-hybridized carbons (Fsp3) is 0.500. The monoisotopic (exact) mass is 283 g/mol. The number of rotatable bonds is 2. The van der Waals surface area contributed by atoms with Crippen molar-refractivity contribution in [2.24, 2.45) is 0 Å². The third-order valence-corrected chi connectivity index (χ3v) is 2.99. The molecule has 2 unspecified atom stereocenters. The van der Waals surface area contributed by atoms with Crippen LogP contribution in [-0.4, -0.2) is 44.8 Å². The molecule has 1 aliphatic heterocycles. The highest BCUT2D eigenvalue weighted by Gasteiger charge is 2.45. The van der Waals surface area contributed by atoms with Gasteiger partial charge in [-0.2, -0.15) is 4.98 Å². The topological polar surface area (TPSA) is 111 Å². The van der Waals surface area contributed by atoms with E-state index in [1.807, 2.05) is 0 Å². The second kappa shape index (κ2) is 5.58. The standard InChI is InChI=1S/C12H14FN3O4/c1-2-3-6-4-16(12(19)15-10(6)14)11-8(13)9(18)7(5-17)20-11/h4,7-9,11,17-18H,5H2,1H3,(H2,14,15,19)/t7-,8?,9?,11-/m1/s1.